The maximum Gasteiger partial charge on any atom is 0.138 e. The fourth-order valence-corrected chi connectivity index (χ4v) is 4.69. The summed E-state index contributed by atoms with van der Waals surface area (Å²) in [5.41, 5.74) is 3.96. The molecule has 1 saturated heterocycles. The van der Waals surface area contributed by atoms with Gasteiger partial charge in [-0.1, -0.05) is 13.0 Å². The Hall–Kier alpha value is -1.89. The molecule has 4 nitrogen and oxygen atoms in total. The van der Waals surface area contributed by atoms with Crippen LogP contribution in [0.3, 0.4) is 0 Å². The molecule has 0 atom stereocenters. The lowest BCUT2D eigenvalue weighted by atomic mass is 9.76. The van der Waals surface area contributed by atoms with Crippen molar-refractivity contribution < 1.29 is 4.39 Å². The molecule has 4 rings (SSSR count). The van der Waals surface area contributed by atoms with Crippen LogP contribution in [0.25, 0.3) is 22.2 Å². The molecule has 3 heterocycles. The third-order valence-corrected chi connectivity index (χ3v) is 6.61. The number of aromatic amines is 1. The molecule has 3 aromatic rings. The first kappa shape index (κ1) is 19.4. The second kappa shape index (κ2) is 8.23. The van der Waals surface area contributed by atoms with E-state index >= 15 is 0 Å². The number of aryl methyl sites for hydroxylation is 1. The second-order valence-corrected chi connectivity index (χ2v) is 8.99. The molecule has 6 heteroatoms. The van der Waals surface area contributed by atoms with Gasteiger partial charge in [0.15, 0.2) is 0 Å². The van der Waals surface area contributed by atoms with Gasteiger partial charge in [0.05, 0.1) is 0 Å². The van der Waals surface area contributed by atoms with Crippen molar-refractivity contribution in [3.05, 3.63) is 48.0 Å². The summed E-state index contributed by atoms with van der Waals surface area (Å²) in [6, 6.07) is 7.49. The molecule has 148 valence electrons. The van der Waals surface area contributed by atoms with Crippen molar-refractivity contribution in [2.45, 2.75) is 37.5 Å². The lowest BCUT2D eigenvalue weighted by molar-refractivity contribution is 0.212. The van der Waals surface area contributed by atoms with Gasteiger partial charge in [-0.3, -0.25) is 4.72 Å². The molecular formula is C22H27FN4S. The lowest BCUT2D eigenvalue weighted by Crippen LogP contribution is -2.35. The molecule has 1 fully saturated rings. The predicted molar refractivity (Wildman–Crippen MR) is 115 cm³/mol. The van der Waals surface area contributed by atoms with Gasteiger partial charge in [-0.15, -0.1) is 0 Å². The molecule has 1 aliphatic heterocycles. The highest BCUT2D eigenvalue weighted by Crippen LogP contribution is 2.37. The van der Waals surface area contributed by atoms with Crippen LogP contribution >= 0.6 is 11.9 Å². The van der Waals surface area contributed by atoms with E-state index in [1.165, 1.54) is 30.4 Å². The zero-order valence-corrected chi connectivity index (χ0v) is 17.3. The number of piperidine rings is 1. The van der Waals surface area contributed by atoms with Crippen LogP contribution in [0.5, 0.6) is 0 Å². The Balaban J connectivity index is 1.67. The van der Waals surface area contributed by atoms with Crippen molar-refractivity contribution in [1.82, 2.24) is 20.0 Å². The van der Waals surface area contributed by atoms with Gasteiger partial charge in [-0.25, -0.2) is 9.37 Å². The minimum Gasteiger partial charge on any atom is -0.346 e. The summed E-state index contributed by atoms with van der Waals surface area (Å²) in [4.78, 5) is 8.57. The minimum atomic E-state index is -0.207. The molecule has 3 N–H and O–H groups in total. The Kier molecular flexibility index (Phi) is 5.71. The van der Waals surface area contributed by atoms with Crippen LogP contribution in [-0.4, -0.2) is 30.1 Å². The smallest absolute Gasteiger partial charge is 0.138 e. The second-order valence-electron chi connectivity index (χ2n) is 7.90. The number of benzene rings is 1. The topological polar surface area (TPSA) is 52.7 Å². The van der Waals surface area contributed by atoms with Gasteiger partial charge in [0.25, 0.3) is 0 Å². The van der Waals surface area contributed by atoms with E-state index in [0.29, 0.717) is 11.0 Å². The third-order valence-electron chi connectivity index (χ3n) is 5.92. The molecule has 1 aliphatic rings. The molecule has 0 amide bonds. The first-order valence-corrected chi connectivity index (χ1v) is 10.7. The van der Waals surface area contributed by atoms with E-state index in [-0.39, 0.29) is 5.82 Å². The Morgan fingerprint density at radius 2 is 2.04 bits per heavy atom. The standard InChI is InChI=1S/C22H27FN4S/c1-22(8-11-25-12-9-22)7-5-15-6-10-26-21-20(15)18(14-27-21)17-4-3-16(28-24-2)13-19(17)23/h3-4,6,10,13-14,24-25H,5,7-9,11-12H2,1-2H3,(H,26,27). The maximum atomic E-state index is 14.9. The molecule has 1 aromatic carbocycles. The van der Waals surface area contributed by atoms with Crippen LogP contribution in [0.15, 0.2) is 41.6 Å². The number of hydrogen-bond acceptors (Lipinski definition) is 4. The molecule has 28 heavy (non-hydrogen) atoms. The van der Waals surface area contributed by atoms with Gasteiger partial charge < -0.3 is 10.3 Å². The Morgan fingerprint density at radius 1 is 1.21 bits per heavy atom. The highest BCUT2D eigenvalue weighted by Gasteiger charge is 2.26. The summed E-state index contributed by atoms with van der Waals surface area (Å²) >= 11 is 1.41. The van der Waals surface area contributed by atoms with Crippen molar-refractivity contribution in [3.63, 3.8) is 0 Å². The highest BCUT2D eigenvalue weighted by atomic mass is 32.2. The highest BCUT2D eigenvalue weighted by molar-refractivity contribution is 7.97. The molecule has 0 saturated carbocycles. The number of nitrogens with one attached hydrogen (secondary N) is 3. The van der Waals surface area contributed by atoms with Crippen LogP contribution in [0.4, 0.5) is 4.39 Å². The van der Waals surface area contributed by atoms with Gasteiger partial charge in [-0.2, -0.15) is 0 Å². The number of halogens is 1. The largest absolute Gasteiger partial charge is 0.346 e. The van der Waals surface area contributed by atoms with Crippen LogP contribution in [0, 0.1) is 11.2 Å². The number of hydrogen-bond donors (Lipinski definition) is 3. The van der Waals surface area contributed by atoms with E-state index in [1.54, 1.807) is 6.07 Å². The number of nitrogens with zero attached hydrogens (tertiary/aromatic N) is 1. The Labute approximate surface area is 169 Å². The fourth-order valence-electron chi connectivity index (χ4n) is 4.16. The average Bonchev–Trinajstić information content (AvgIpc) is 3.12. The van der Waals surface area contributed by atoms with Gasteiger partial charge in [0.2, 0.25) is 0 Å². The van der Waals surface area contributed by atoms with Gasteiger partial charge >= 0.3 is 0 Å². The number of rotatable bonds is 6. The zero-order valence-electron chi connectivity index (χ0n) is 16.4. The van der Waals surface area contributed by atoms with E-state index in [1.807, 2.05) is 31.6 Å². The quantitative estimate of drug-likeness (QED) is 0.516. The summed E-state index contributed by atoms with van der Waals surface area (Å²) < 4.78 is 17.8. The molecule has 0 radical (unpaired) electrons. The number of H-pyrrole nitrogens is 1. The number of fused-ring (bicyclic) bond motifs is 1. The normalized spacial score (nSPS) is 16.5. The summed E-state index contributed by atoms with van der Waals surface area (Å²) in [5.74, 6) is -0.207. The van der Waals surface area contributed by atoms with E-state index < -0.39 is 0 Å². The molecule has 0 aliphatic carbocycles. The van der Waals surface area contributed by atoms with Crippen molar-refractivity contribution in [2.75, 3.05) is 20.1 Å². The first-order valence-electron chi connectivity index (χ1n) is 9.89. The Bertz CT molecular complexity index is 962. The Morgan fingerprint density at radius 3 is 2.79 bits per heavy atom. The molecule has 0 spiro atoms. The van der Waals surface area contributed by atoms with Gasteiger partial charge in [-0.05, 0) is 86.9 Å². The fraction of sp³-hybridized carbons (Fsp3) is 0.409. The maximum absolute atomic E-state index is 14.9. The zero-order chi connectivity index (χ0) is 19.6. The minimum absolute atomic E-state index is 0.207. The number of pyridine rings is 1. The molecule has 2 aromatic heterocycles. The van der Waals surface area contributed by atoms with Crippen molar-refractivity contribution in [1.29, 1.82) is 0 Å². The van der Waals surface area contributed by atoms with Crippen LogP contribution in [0.1, 0.15) is 31.7 Å². The van der Waals surface area contributed by atoms with E-state index in [4.69, 9.17) is 0 Å². The van der Waals surface area contributed by atoms with Crippen LogP contribution < -0.4 is 10.0 Å². The van der Waals surface area contributed by atoms with E-state index in [2.05, 4.69) is 33.0 Å². The predicted octanol–water partition coefficient (Wildman–Crippen LogP) is 4.92. The summed E-state index contributed by atoms with van der Waals surface area (Å²) in [5, 5.41) is 4.50. The van der Waals surface area contributed by atoms with Gasteiger partial charge in [0, 0.05) is 33.8 Å². The van der Waals surface area contributed by atoms with Crippen molar-refractivity contribution in [2.24, 2.45) is 5.41 Å². The monoisotopic (exact) mass is 398 g/mol. The van der Waals surface area contributed by atoms with Crippen LogP contribution in [0.2, 0.25) is 0 Å². The van der Waals surface area contributed by atoms with E-state index in [0.717, 1.165) is 47.4 Å². The average molecular weight is 399 g/mol. The molecule has 0 bridgehead atoms. The van der Waals surface area contributed by atoms with Gasteiger partial charge in [0.1, 0.15) is 11.5 Å². The first-order chi connectivity index (χ1) is 13.6. The molecular weight excluding hydrogens is 371 g/mol. The SMILES string of the molecule is CNSc1ccc(-c2c[nH]c3nccc(CCC4(C)CCNCC4)c23)c(F)c1. The lowest BCUT2D eigenvalue weighted by Gasteiger charge is -2.34. The summed E-state index contributed by atoms with van der Waals surface area (Å²) in [6.45, 7) is 4.59. The van der Waals surface area contributed by atoms with E-state index in [9.17, 15) is 4.39 Å². The van der Waals surface area contributed by atoms with Crippen molar-refractivity contribution in [3.8, 4) is 11.1 Å². The number of aromatic nitrogens is 2. The third kappa shape index (κ3) is 3.95. The van der Waals surface area contributed by atoms with Crippen LogP contribution in [-0.2, 0) is 6.42 Å². The van der Waals surface area contributed by atoms with Crippen molar-refractivity contribution >= 4 is 23.0 Å². The summed E-state index contributed by atoms with van der Waals surface area (Å²) in [7, 11) is 1.83. The summed E-state index contributed by atoms with van der Waals surface area (Å²) in [6.07, 6.45) is 8.28. The molecule has 0 unspecified atom stereocenters.